The van der Waals surface area contributed by atoms with Gasteiger partial charge in [0.25, 0.3) is 5.91 Å². The van der Waals surface area contributed by atoms with E-state index in [-0.39, 0.29) is 5.91 Å². The van der Waals surface area contributed by atoms with Crippen LogP contribution in [0.3, 0.4) is 0 Å². The molecule has 1 N–H and O–H groups in total. The molecule has 0 aromatic heterocycles. The zero-order valence-electron chi connectivity index (χ0n) is 16.8. The second-order valence-electron chi connectivity index (χ2n) is 6.17. The van der Waals surface area contributed by atoms with Gasteiger partial charge in [-0.1, -0.05) is 30.7 Å². The van der Waals surface area contributed by atoms with Crippen LogP contribution >= 0.6 is 0 Å². The molecule has 0 saturated heterocycles. The quantitative estimate of drug-likeness (QED) is 0.732. The van der Waals surface area contributed by atoms with Gasteiger partial charge in [0.2, 0.25) is 5.75 Å². The second-order valence-corrected chi connectivity index (χ2v) is 6.17. The minimum absolute atomic E-state index is 0.247. The first kappa shape index (κ1) is 20.4. The number of allylic oxidation sites excluding steroid dienone is 2. The molecule has 2 aromatic carbocycles. The smallest absolute Gasteiger partial charge is 0.255 e. The fraction of sp³-hybridized carbons (Fsp3) is 0.318. The Labute approximate surface area is 161 Å². The highest BCUT2D eigenvalue weighted by Crippen LogP contribution is 2.38. The Balaban J connectivity index is 2.42. The second kappa shape index (κ2) is 9.12. The molecule has 0 atom stereocenters. The minimum Gasteiger partial charge on any atom is -0.493 e. The predicted molar refractivity (Wildman–Crippen MR) is 109 cm³/mol. The Bertz CT molecular complexity index is 830. The molecule has 2 aromatic rings. The number of anilines is 1. The third-order valence-electron chi connectivity index (χ3n) is 4.68. The molecular weight excluding hydrogens is 342 g/mol. The number of benzene rings is 2. The van der Waals surface area contributed by atoms with Crippen LogP contribution in [0, 0.1) is 0 Å². The van der Waals surface area contributed by atoms with Crippen LogP contribution in [0.2, 0.25) is 0 Å². The summed E-state index contributed by atoms with van der Waals surface area (Å²) in [6.07, 6.45) is 0.959. The molecule has 0 aliphatic rings. The van der Waals surface area contributed by atoms with E-state index in [4.69, 9.17) is 14.2 Å². The summed E-state index contributed by atoms with van der Waals surface area (Å²) in [7, 11) is 4.58. The zero-order valence-corrected chi connectivity index (χ0v) is 16.8. The van der Waals surface area contributed by atoms with Crippen LogP contribution in [-0.2, 0) is 0 Å². The van der Waals surface area contributed by atoms with Crippen LogP contribution in [0.25, 0.3) is 5.57 Å². The van der Waals surface area contributed by atoms with Gasteiger partial charge >= 0.3 is 0 Å². The Morgan fingerprint density at radius 2 is 1.56 bits per heavy atom. The third kappa shape index (κ3) is 4.42. The lowest BCUT2D eigenvalue weighted by molar-refractivity contribution is 0.102. The average Bonchev–Trinajstić information content (AvgIpc) is 2.71. The summed E-state index contributed by atoms with van der Waals surface area (Å²) < 4.78 is 16.0. The average molecular weight is 369 g/mol. The Morgan fingerprint density at radius 1 is 0.963 bits per heavy atom. The first-order chi connectivity index (χ1) is 13.0. The Kier molecular flexibility index (Phi) is 6.88. The summed E-state index contributed by atoms with van der Waals surface area (Å²) in [4.78, 5) is 12.9. The summed E-state index contributed by atoms with van der Waals surface area (Å²) in [5.74, 6) is 1.08. The van der Waals surface area contributed by atoms with E-state index < -0.39 is 0 Å². The normalized spacial score (nSPS) is 11.5. The summed E-state index contributed by atoms with van der Waals surface area (Å²) in [5, 5.41) is 3.00. The molecule has 1 amide bonds. The fourth-order valence-electron chi connectivity index (χ4n) is 2.82. The van der Waals surface area contributed by atoms with E-state index in [2.05, 4.69) is 26.1 Å². The van der Waals surface area contributed by atoms with Gasteiger partial charge in [-0.15, -0.1) is 0 Å². The van der Waals surface area contributed by atoms with Gasteiger partial charge in [0.05, 0.1) is 21.3 Å². The van der Waals surface area contributed by atoms with Crippen molar-refractivity contribution in [2.24, 2.45) is 0 Å². The first-order valence-corrected chi connectivity index (χ1v) is 8.83. The van der Waals surface area contributed by atoms with E-state index in [1.54, 1.807) is 12.1 Å². The molecule has 5 nitrogen and oxygen atoms in total. The number of carbonyl (C=O) groups excluding carboxylic acids is 1. The number of ether oxygens (including phenoxy) is 3. The molecule has 27 heavy (non-hydrogen) atoms. The van der Waals surface area contributed by atoms with E-state index in [1.807, 2.05) is 24.3 Å². The van der Waals surface area contributed by atoms with Crippen LogP contribution in [-0.4, -0.2) is 27.2 Å². The zero-order chi connectivity index (χ0) is 20.0. The number of rotatable bonds is 7. The van der Waals surface area contributed by atoms with E-state index in [1.165, 1.54) is 32.5 Å². The van der Waals surface area contributed by atoms with E-state index in [0.29, 0.717) is 22.8 Å². The number of nitrogens with one attached hydrogen (secondary N) is 1. The van der Waals surface area contributed by atoms with Crippen molar-refractivity contribution in [1.29, 1.82) is 0 Å². The van der Waals surface area contributed by atoms with Crippen molar-refractivity contribution in [2.45, 2.75) is 27.2 Å². The number of amides is 1. The van der Waals surface area contributed by atoms with Gasteiger partial charge in [-0.05, 0) is 44.0 Å². The molecule has 0 aliphatic carbocycles. The van der Waals surface area contributed by atoms with Crippen molar-refractivity contribution < 1.29 is 19.0 Å². The maximum Gasteiger partial charge on any atom is 0.255 e. The van der Waals surface area contributed by atoms with E-state index in [9.17, 15) is 4.79 Å². The first-order valence-electron chi connectivity index (χ1n) is 8.83. The molecule has 0 radical (unpaired) electrons. The predicted octanol–water partition coefficient (Wildman–Crippen LogP) is 5.17. The molecule has 0 unspecified atom stereocenters. The lowest BCUT2D eigenvalue weighted by Gasteiger charge is -2.16. The molecule has 144 valence electrons. The Morgan fingerprint density at radius 3 is 2.07 bits per heavy atom. The van der Waals surface area contributed by atoms with Gasteiger partial charge in [-0.25, -0.2) is 0 Å². The van der Waals surface area contributed by atoms with Gasteiger partial charge in [0.15, 0.2) is 11.5 Å². The van der Waals surface area contributed by atoms with Crippen LogP contribution in [0.4, 0.5) is 5.69 Å². The number of methoxy groups -OCH3 is 3. The van der Waals surface area contributed by atoms with Gasteiger partial charge in [-0.2, -0.15) is 0 Å². The molecule has 0 heterocycles. The maximum absolute atomic E-state index is 12.9. The topological polar surface area (TPSA) is 56.8 Å². The van der Waals surface area contributed by atoms with Crippen LogP contribution in [0.5, 0.6) is 17.2 Å². The number of para-hydroxylation sites is 1. The summed E-state index contributed by atoms with van der Waals surface area (Å²) in [5.41, 5.74) is 4.65. The highest BCUT2D eigenvalue weighted by Gasteiger charge is 2.18. The van der Waals surface area contributed by atoms with Gasteiger partial charge < -0.3 is 19.5 Å². The van der Waals surface area contributed by atoms with Gasteiger partial charge in [0.1, 0.15) is 0 Å². The highest BCUT2D eigenvalue weighted by molar-refractivity contribution is 6.06. The van der Waals surface area contributed by atoms with Crippen molar-refractivity contribution in [2.75, 3.05) is 26.6 Å². The molecular formula is C22H27NO4. The highest BCUT2D eigenvalue weighted by atomic mass is 16.5. The number of hydrogen-bond acceptors (Lipinski definition) is 4. The van der Waals surface area contributed by atoms with E-state index in [0.717, 1.165) is 17.7 Å². The summed E-state index contributed by atoms with van der Waals surface area (Å²) >= 11 is 0. The number of hydrogen-bond donors (Lipinski definition) is 1. The molecule has 0 saturated carbocycles. The molecule has 0 aliphatic heterocycles. The number of carbonyl (C=O) groups is 1. The molecule has 0 bridgehead atoms. The Hall–Kier alpha value is -2.95. The lowest BCUT2D eigenvalue weighted by atomic mass is 9.99. The summed E-state index contributed by atoms with van der Waals surface area (Å²) in [6.45, 7) is 6.30. The summed E-state index contributed by atoms with van der Waals surface area (Å²) in [6, 6.07) is 11.1. The van der Waals surface area contributed by atoms with Crippen LogP contribution in [0.1, 0.15) is 43.1 Å². The van der Waals surface area contributed by atoms with Crippen molar-refractivity contribution in [3.05, 3.63) is 53.1 Å². The van der Waals surface area contributed by atoms with Crippen LogP contribution < -0.4 is 19.5 Å². The van der Waals surface area contributed by atoms with Gasteiger partial charge in [0, 0.05) is 16.8 Å². The maximum atomic E-state index is 12.9. The van der Waals surface area contributed by atoms with Crippen molar-refractivity contribution in [3.8, 4) is 17.2 Å². The SMILES string of the molecule is CC/C(C)=C(/C)c1ccccc1NC(=O)c1cc(OC)c(OC)c(OC)c1. The van der Waals surface area contributed by atoms with Crippen molar-refractivity contribution in [1.82, 2.24) is 0 Å². The molecule has 0 spiro atoms. The van der Waals surface area contributed by atoms with Crippen molar-refractivity contribution >= 4 is 17.2 Å². The minimum atomic E-state index is -0.247. The largest absolute Gasteiger partial charge is 0.493 e. The van der Waals surface area contributed by atoms with Crippen LogP contribution in [0.15, 0.2) is 42.0 Å². The third-order valence-corrected chi connectivity index (χ3v) is 4.68. The van der Waals surface area contributed by atoms with Gasteiger partial charge in [-0.3, -0.25) is 4.79 Å². The monoisotopic (exact) mass is 369 g/mol. The van der Waals surface area contributed by atoms with Crippen molar-refractivity contribution in [3.63, 3.8) is 0 Å². The van der Waals surface area contributed by atoms with E-state index >= 15 is 0 Å². The molecule has 0 fully saturated rings. The molecule has 5 heteroatoms. The lowest BCUT2D eigenvalue weighted by Crippen LogP contribution is -2.14. The molecule has 2 rings (SSSR count). The standard InChI is InChI=1S/C22H27NO4/c1-7-14(2)15(3)17-10-8-9-11-18(17)23-22(24)16-12-19(25-4)21(27-6)20(13-16)26-5/h8-13H,7H2,1-6H3,(H,23,24)/b15-14-. The fourth-order valence-corrected chi connectivity index (χ4v) is 2.82.